The quantitative estimate of drug-likeness (QED) is 0.216. The minimum Gasteiger partial charge on any atom is -0.366 e. The normalized spacial score (nSPS) is 12.0. The van der Waals surface area contributed by atoms with Gasteiger partial charge in [-0.25, -0.2) is 0 Å². The van der Waals surface area contributed by atoms with Crippen LogP contribution in [0.2, 0.25) is 0 Å². The lowest BCUT2D eigenvalue weighted by atomic mass is 10.0. The van der Waals surface area contributed by atoms with E-state index >= 15 is 0 Å². The van der Waals surface area contributed by atoms with Gasteiger partial charge in [-0.1, -0.05) is 110 Å². The highest BCUT2D eigenvalue weighted by Gasteiger charge is 2.13. The molecule has 0 atom stereocenters. The first-order chi connectivity index (χ1) is 11.1. The van der Waals surface area contributed by atoms with Crippen LogP contribution in [0.3, 0.4) is 0 Å². The van der Waals surface area contributed by atoms with Crippen molar-refractivity contribution >= 4 is 0 Å². The molecule has 0 heterocycles. The summed E-state index contributed by atoms with van der Waals surface area (Å²) >= 11 is 0. The third kappa shape index (κ3) is 21.9. The predicted molar refractivity (Wildman–Crippen MR) is 102 cm³/mol. The van der Waals surface area contributed by atoms with Gasteiger partial charge in [0.1, 0.15) is 0 Å². The van der Waals surface area contributed by atoms with Crippen molar-refractivity contribution in [2.75, 3.05) is 0 Å². The van der Waals surface area contributed by atoms with Crippen molar-refractivity contribution in [3.8, 4) is 0 Å². The molecule has 0 saturated carbocycles. The molecule has 2 N–H and O–H groups in total. The molecule has 0 rings (SSSR count). The molecular weight excluding hydrogens is 284 g/mol. The number of rotatable bonds is 18. The van der Waals surface area contributed by atoms with Gasteiger partial charge in [-0.15, -0.1) is 0 Å². The van der Waals surface area contributed by atoms with E-state index in [-0.39, 0.29) is 0 Å². The monoisotopic (exact) mass is 328 g/mol. The first-order valence-corrected chi connectivity index (χ1v) is 10.5. The molecule has 0 bridgehead atoms. The molecule has 0 aromatic rings. The van der Waals surface area contributed by atoms with E-state index in [1.807, 2.05) is 0 Å². The lowest BCUT2D eigenvalue weighted by Crippen LogP contribution is -2.22. The molecule has 0 aromatic heterocycles. The summed E-state index contributed by atoms with van der Waals surface area (Å²) < 4.78 is 0. The molecule has 140 valence electrons. The molecular formula is C21H44O2. The fourth-order valence-electron chi connectivity index (χ4n) is 3.18. The third-order valence-electron chi connectivity index (χ3n) is 4.75. The van der Waals surface area contributed by atoms with Gasteiger partial charge in [0.05, 0.1) is 0 Å². The average molecular weight is 329 g/mol. The van der Waals surface area contributed by atoms with Crippen molar-refractivity contribution in [1.82, 2.24) is 0 Å². The van der Waals surface area contributed by atoms with E-state index in [4.69, 9.17) is 0 Å². The number of aliphatic hydroxyl groups is 2. The Morgan fingerprint density at radius 3 is 1.00 bits per heavy atom. The molecule has 0 unspecified atom stereocenters. The van der Waals surface area contributed by atoms with Crippen molar-refractivity contribution in [3.63, 3.8) is 0 Å². The Morgan fingerprint density at radius 2 is 0.739 bits per heavy atom. The standard InChI is InChI=1S/C21H44O2/c1-3-4-5-6-7-8-9-10-11-12-13-14-15-16-17-18-19-20-21(2,22)23/h22-23H,3-20H2,1-2H3. The summed E-state index contributed by atoms with van der Waals surface area (Å²) in [5.74, 6) is -1.46. The SMILES string of the molecule is CCCCCCCCCCCCCCCCCCCC(C)(O)O. The highest BCUT2D eigenvalue weighted by Crippen LogP contribution is 2.15. The number of hydrogen-bond acceptors (Lipinski definition) is 2. The molecule has 2 nitrogen and oxygen atoms in total. The maximum atomic E-state index is 9.20. The van der Waals surface area contributed by atoms with Gasteiger partial charge in [-0.3, -0.25) is 0 Å². The lowest BCUT2D eigenvalue weighted by Gasteiger charge is -2.14. The summed E-state index contributed by atoms with van der Waals surface area (Å²) in [6.45, 7) is 3.75. The fourth-order valence-corrected chi connectivity index (χ4v) is 3.18. The van der Waals surface area contributed by atoms with Gasteiger partial charge in [-0.05, 0) is 13.3 Å². The van der Waals surface area contributed by atoms with Crippen LogP contribution >= 0.6 is 0 Å². The molecule has 2 heteroatoms. The number of hydrogen-bond donors (Lipinski definition) is 2. The van der Waals surface area contributed by atoms with E-state index in [0.29, 0.717) is 6.42 Å². The third-order valence-corrected chi connectivity index (χ3v) is 4.75. The maximum Gasteiger partial charge on any atom is 0.159 e. The second-order valence-electron chi connectivity index (χ2n) is 7.62. The minimum absolute atomic E-state index is 0.506. The molecule has 0 saturated heterocycles. The lowest BCUT2D eigenvalue weighted by molar-refractivity contribution is -0.150. The van der Waals surface area contributed by atoms with Crippen LogP contribution in [0.4, 0.5) is 0 Å². The van der Waals surface area contributed by atoms with Crippen LogP contribution in [0.5, 0.6) is 0 Å². The zero-order chi connectivity index (χ0) is 17.2. The Hall–Kier alpha value is -0.0800. The van der Waals surface area contributed by atoms with E-state index in [2.05, 4.69) is 6.92 Å². The molecule has 0 aromatic carbocycles. The highest BCUT2D eigenvalue weighted by atomic mass is 16.5. The minimum atomic E-state index is -1.46. The van der Waals surface area contributed by atoms with E-state index in [1.54, 1.807) is 0 Å². The molecule has 0 aliphatic carbocycles. The van der Waals surface area contributed by atoms with Crippen LogP contribution in [0.15, 0.2) is 0 Å². The zero-order valence-electron chi connectivity index (χ0n) is 16.1. The topological polar surface area (TPSA) is 40.5 Å². The summed E-state index contributed by atoms with van der Waals surface area (Å²) in [6, 6.07) is 0. The number of unbranched alkanes of at least 4 members (excludes halogenated alkanes) is 16. The van der Waals surface area contributed by atoms with Crippen molar-refractivity contribution in [2.45, 2.75) is 135 Å². The summed E-state index contributed by atoms with van der Waals surface area (Å²) in [6.07, 6.45) is 23.6. The highest BCUT2D eigenvalue weighted by molar-refractivity contribution is 4.56. The average Bonchev–Trinajstić information content (AvgIpc) is 2.49. The molecule has 0 radical (unpaired) electrons. The Balaban J connectivity index is 3.00. The fraction of sp³-hybridized carbons (Fsp3) is 1.00. The summed E-state index contributed by atoms with van der Waals surface area (Å²) in [4.78, 5) is 0. The summed E-state index contributed by atoms with van der Waals surface area (Å²) in [5, 5.41) is 18.4. The maximum absolute atomic E-state index is 9.20. The van der Waals surface area contributed by atoms with Crippen LogP contribution in [0.25, 0.3) is 0 Å². The molecule has 0 aliphatic heterocycles. The second kappa shape index (κ2) is 16.8. The van der Waals surface area contributed by atoms with Gasteiger partial charge in [0, 0.05) is 6.42 Å². The van der Waals surface area contributed by atoms with Crippen molar-refractivity contribution in [3.05, 3.63) is 0 Å². The Labute approximate surface area is 146 Å². The smallest absolute Gasteiger partial charge is 0.159 e. The van der Waals surface area contributed by atoms with Crippen LogP contribution in [-0.2, 0) is 0 Å². The Morgan fingerprint density at radius 1 is 0.478 bits per heavy atom. The van der Waals surface area contributed by atoms with E-state index in [0.717, 1.165) is 12.8 Å². The van der Waals surface area contributed by atoms with E-state index < -0.39 is 5.79 Å². The molecule has 0 aliphatic rings. The zero-order valence-corrected chi connectivity index (χ0v) is 16.1. The van der Waals surface area contributed by atoms with Gasteiger partial charge in [0.15, 0.2) is 5.79 Å². The summed E-state index contributed by atoms with van der Waals surface area (Å²) in [7, 11) is 0. The molecule has 23 heavy (non-hydrogen) atoms. The van der Waals surface area contributed by atoms with Crippen molar-refractivity contribution < 1.29 is 10.2 Å². The first-order valence-electron chi connectivity index (χ1n) is 10.5. The van der Waals surface area contributed by atoms with Crippen molar-refractivity contribution in [2.24, 2.45) is 0 Å². The van der Waals surface area contributed by atoms with Crippen LogP contribution in [-0.4, -0.2) is 16.0 Å². The van der Waals surface area contributed by atoms with Crippen LogP contribution in [0, 0.1) is 0 Å². The molecule has 0 spiro atoms. The van der Waals surface area contributed by atoms with Gasteiger partial charge in [0.2, 0.25) is 0 Å². The van der Waals surface area contributed by atoms with Crippen molar-refractivity contribution in [1.29, 1.82) is 0 Å². The van der Waals surface area contributed by atoms with Gasteiger partial charge in [-0.2, -0.15) is 0 Å². The van der Waals surface area contributed by atoms with Gasteiger partial charge >= 0.3 is 0 Å². The summed E-state index contributed by atoms with van der Waals surface area (Å²) in [5.41, 5.74) is 0. The van der Waals surface area contributed by atoms with E-state index in [9.17, 15) is 10.2 Å². The van der Waals surface area contributed by atoms with Crippen LogP contribution in [0.1, 0.15) is 129 Å². The van der Waals surface area contributed by atoms with Gasteiger partial charge < -0.3 is 10.2 Å². The predicted octanol–water partition coefficient (Wildman–Crippen LogP) is 6.73. The molecule has 0 amide bonds. The largest absolute Gasteiger partial charge is 0.366 e. The first kappa shape index (κ1) is 22.9. The molecule has 0 fully saturated rings. The Kier molecular flexibility index (Phi) is 16.7. The van der Waals surface area contributed by atoms with E-state index in [1.165, 1.54) is 103 Å². The van der Waals surface area contributed by atoms with Gasteiger partial charge in [0.25, 0.3) is 0 Å². The second-order valence-corrected chi connectivity index (χ2v) is 7.62. The Bertz CT molecular complexity index is 220. The van der Waals surface area contributed by atoms with Crippen LogP contribution < -0.4 is 0 Å².